The first-order valence-electron chi connectivity index (χ1n) is 4.60. The average Bonchev–Trinajstić information content (AvgIpc) is 2.78. The van der Waals surface area contributed by atoms with Gasteiger partial charge in [0.15, 0.2) is 0 Å². The molecule has 0 amide bonds. The quantitative estimate of drug-likeness (QED) is 0.643. The van der Waals surface area contributed by atoms with Crippen LogP contribution in [0.4, 0.5) is 0 Å². The minimum absolute atomic E-state index is 0.125. The highest BCUT2D eigenvalue weighted by Gasteiger charge is 2.35. The number of halogens is 1. The van der Waals surface area contributed by atoms with E-state index in [2.05, 4.69) is 71.5 Å². The molecule has 0 heterocycles. The number of alkyl halides is 1. The molecule has 0 bridgehead atoms. The predicted octanol–water partition coefficient (Wildman–Crippen LogP) is 3.62. The lowest BCUT2D eigenvalue weighted by molar-refractivity contribution is 0.502. The van der Waals surface area contributed by atoms with Crippen LogP contribution in [0.15, 0.2) is 48.6 Å². The molecule has 1 heteroatoms. The van der Waals surface area contributed by atoms with Crippen molar-refractivity contribution in [2.45, 2.75) is 11.2 Å². The molecule has 0 aromatic heterocycles. The molecule has 2 aliphatic carbocycles. The maximum absolute atomic E-state index is 3.83. The van der Waals surface area contributed by atoms with E-state index in [1.165, 1.54) is 0 Å². The Hall–Kier alpha value is -0.560. The zero-order valence-corrected chi connectivity index (χ0v) is 9.24. The lowest BCUT2D eigenvalue weighted by Gasteiger charge is -2.31. The Bertz CT molecular complexity index is 251. The Balaban J connectivity index is 2.19. The van der Waals surface area contributed by atoms with Crippen molar-refractivity contribution in [1.29, 1.82) is 0 Å². The second-order valence-electron chi connectivity index (χ2n) is 3.74. The molecule has 0 nitrogen and oxygen atoms in total. The maximum atomic E-state index is 3.83. The highest BCUT2D eigenvalue weighted by Crippen LogP contribution is 2.41. The summed E-state index contributed by atoms with van der Waals surface area (Å²) in [6.45, 7) is 2.25. The standard InChI is InChI=1S/C12H13Br/c1-12(13,10-6-2-3-7-10)11-8-4-5-9-11/h2-11H,1H3. The van der Waals surface area contributed by atoms with E-state index < -0.39 is 0 Å². The van der Waals surface area contributed by atoms with E-state index in [1.54, 1.807) is 0 Å². The lowest BCUT2D eigenvalue weighted by Crippen LogP contribution is -2.31. The van der Waals surface area contributed by atoms with Crippen LogP contribution >= 0.6 is 15.9 Å². The molecule has 0 unspecified atom stereocenters. The highest BCUT2D eigenvalue weighted by atomic mass is 79.9. The highest BCUT2D eigenvalue weighted by molar-refractivity contribution is 9.10. The van der Waals surface area contributed by atoms with Crippen molar-refractivity contribution in [3.8, 4) is 0 Å². The van der Waals surface area contributed by atoms with Crippen molar-refractivity contribution < 1.29 is 0 Å². The lowest BCUT2D eigenvalue weighted by atomic mass is 9.84. The maximum Gasteiger partial charge on any atom is 0.0424 e. The van der Waals surface area contributed by atoms with Crippen molar-refractivity contribution in [2.75, 3.05) is 0 Å². The molecule has 0 atom stereocenters. The van der Waals surface area contributed by atoms with Crippen LogP contribution in [0.2, 0.25) is 0 Å². The summed E-state index contributed by atoms with van der Waals surface area (Å²) in [6, 6.07) is 0. The second kappa shape index (κ2) is 3.30. The van der Waals surface area contributed by atoms with Crippen LogP contribution in [0.3, 0.4) is 0 Å². The number of hydrogen-bond acceptors (Lipinski definition) is 0. The third-order valence-corrected chi connectivity index (χ3v) is 3.86. The predicted molar refractivity (Wildman–Crippen MR) is 60.9 cm³/mol. The van der Waals surface area contributed by atoms with Crippen LogP contribution in [0.1, 0.15) is 6.92 Å². The first-order valence-corrected chi connectivity index (χ1v) is 5.39. The topological polar surface area (TPSA) is 0 Å². The third-order valence-electron chi connectivity index (χ3n) is 2.80. The summed E-state index contributed by atoms with van der Waals surface area (Å²) in [5, 5.41) is 0. The molecule has 0 N–H and O–H groups in total. The van der Waals surface area contributed by atoms with Crippen molar-refractivity contribution in [3.63, 3.8) is 0 Å². The Morgan fingerprint density at radius 3 is 1.46 bits per heavy atom. The molecule has 0 spiro atoms. The van der Waals surface area contributed by atoms with Gasteiger partial charge in [0.2, 0.25) is 0 Å². The Labute approximate surface area is 87.9 Å². The van der Waals surface area contributed by atoms with Gasteiger partial charge in [-0.25, -0.2) is 0 Å². The van der Waals surface area contributed by atoms with Crippen molar-refractivity contribution in [3.05, 3.63) is 48.6 Å². The molecule has 68 valence electrons. The normalized spacial score (nSPS) is 22.3. The monoisotopic (exact) mass is 236 g/mol. The van der Waals surface area contributed by atoms with Crippen molar-refractivity contribution in [2.24, 2.45) is 11.8 Å². The van der Waals surface area contributed by atoms with Gasteiger partial charge < -0.3 is 0 Å². The van der Waals surface area contributed by atoms with E-state index in [0.717, 1.165) is 0 Å². The van der Waals surface area contributed by atoms with Gasteiger partial charge in [0.1, 0.15) is 0 Å². The molecule has 0 aliphatic heterocycles. The molecule has 13 heavy (non-hydrogen) atoms. The fourth-order valence-electron chi connectivity index (χ4n) is 1.84. The fraction of sp³-hybridized carbons (Fsp3) is 0.333. The zero-order valence-electron chi connectivity index (χ0n) is 7.65. The van der Waals surface area contributed by atoms with Gasteiger partial charge in [-0.15, -0.1) is 0 Å². The average molecular weight is 237 g/mol. The molecule has 0 fully saturated rings. The number of hydrogen-bond donors (Lipinski definition) is 0. The van der Waals surface area contributed by atoms with Crippen LogP contribution in [-0.2, 0) is 0 Å². The van der Waals surface area contributed by atoms with Crippen LogP contribution in [0.25, 0.3) is 0 Å². The summed E-state index contributed by atoms with van der Waals surface area (Å²) in [6.07, 6.45) is 17.4. The van der Waals surface area contributed by atoms with Crippen molar-refractivity contribution in [1.82, 2.24) is 0 Å². The molecular formula is C12H13Br. The molecule has 2 aliphatic rings. The van der Waals surface area contributed by atoms with E-state index in [-0.39, 0.29) is 4.32 Å². The summed E-state index contributed by atoms with van der Waals surface area (Å²) in [5.74, 6) is 1.01. The van der Waals surface area contributed by atoms with E-state index >= 15 is 0 Å². The molecule has 2 rings (SSSR count). The smallest absolute Gasteiger partial charge is 0.0424 e. The Kier molecular flexibility index (Phi) is 2.29. The molecule has 0 saturated carbocycles. The molecule has 0 saturated heterocycles. The molecule has 0 aromatic carbocycles. The second-order valence-corrected chi connectivity index (χ2v) is 5.45. The SMILES string of the molecule is CC(Br)(C1C=CC=C1)C1C=CC=C1. The summed E-state index contributed by atoms with van der Waals surface area (Å²) in [4.78, 5) is 0. The van der Waals surface area contributed by atoms with Gasteiger partial charge in [-0.1, -0.05) is 64.5 Å². The van der Waals surface area contributed by atoms with E-state index in [0.29, 0.717) is 11.8 Å². The Morgan fingerprint density at radius 2 is 1.15 bits per heavy atom. The van der Waals surface area contributed by atoms with Gasteiger partial charge >= 0.3 is 0 Å². The minimum atomic E-state index is 0.125. The van der Waals surface area contributed by atoms with Crippen LogP contribution in [-0.4, -0.2) is 4.32 Å². The van der Waals surface area contributed by atoms with Gasteiger partial charge in [0, 0.05) is 16.2 Å². The van der Waals surface area contributed by atoms with Gasteiger partial charge in [0.05, 0.1) is 0 Å². The van der Waals surface area contributed by atoms with Crippen LogP contribution in [0.5, 0.6) is 0 Å². The summed E-state index contributed by atoms with van der Waals surface area (Å²) in [5.41, 5.74) is 0. The summed E-state index contributed by atoms with van der Waals surface area (Å²) >= 11 is 3.83. The van der Waals surface area contributed by atoms with Gasteiger partial charge in [0.25, 0.3) is 0 Å². The largest absolute Gasteiger partial charge is 0.0837 e. The Morgan fingerprint density at radius 1 is 0.846 bits per heavy atom. The van der Waals surface area contributed by atoms with E-state index in [4.69, 9.17) is 0 Å². The number of allylic oxidation sites excluding steroid dienone is 8. The summed E-state index contributed by atoms with van der Waals surface area (Å²) < 4.78 is 0.125. The minimum Gasteiger partial charge on any atom is -0.0837 e. The zero-order chi connectivity index (χ0) is 9.31. The van der Waals surface area contributed by atoms with Crippen LogP contribution in [0, 0.1) is 11.8 Å². The molecular weight excluding hydrogens is 224 g/mol. The van der Waals surface area contributed by atoms with Crippen molar-refractivity contribution >= 4 is 15.9 Å². The fourth-order valence-corrected chi connectivity index (χ4v) is 2.45. The third kappa shape index (κ3) is 1.58. The molecule has 0 aromatic rings. The number of rotatable bonds is 2. The van der Waals surface area contributed by atoms with Gasteiger partial charge in [-0.3, -0.25) is 0 Å². The first-order chi connectivity index (χ1) is 6.21. The van der Waals surface area contributed by atoms with Gasteiger partial charge in [-0.2, -0.15) is 0 Å². The van der Waals surface area contributed by atoms with E-state index in [1.807, 2.05) is 0 Å². The van der Waals surface area contributed by atoms with Crippen LogP contribution < -0.4 is 0 Å². The van der Waals surface area contributed by atoms with Gasteiger partial charge in [-0.05, 0) is 6.92 Å². The first kappa shape index (κ1) is 9.01. The molecule has 0 radical (unpaired) electrons. The summed E-state index contributed by atoms with van der Waals surface area (Å²) in [7, 11) is 0. The van der Waals surface area contributed by atoms with E-state index in [9.17, 15) is 0 Å².